The minimum absolute atomic E-state index is 0.622. The summed E-state index contributed by atoms with van der Waals surface area (Å²) in [5, 5.41) is 6.67. The van der Waals surface area contributed by atoms with E-state index in [-0.39, 0.29) is 0 Å². The zero-order valence-corrected chi connectivity index (χ0v) is 12.9. The molecule has 21 heavy (non-hydrogen) atoms. The lowest BCUT2D eigenvalue weighted by Crippen LogP contribution is -2.51. The molecule has 1 aromatic carbocycles. The van der Waals surface area contributed by atoms with Crippen molar-refractivity contribution in [1.29, 1.82) is 0 Å². The normalized spacial score (nSPS) is 23.3. The van der Waals surface area contributed by atoms with Crippen LogP contribution in [0.4, 0.5) is 0 Å². The molecule has 2 heterocycles. The zero-order valence-electron chi connectivity index (χ0n) is 12.9. The molecule has 1 aromatic heterocycles. The van der Waals surface area contributed by atoms with E-state index in [1.54, 1.807) is 6.20 Å². The van der Waals surface area contributed by atoms with Gasteiger partial charge in [-0.05, 0) is 50.5 Å². The molecule has 0 spiro atoms. The zero-order chi connectivity index (χ0) is 14.7. The van der Waals surface area contributed by atoms with Crippen molar-refractivity contribution in [2.45, 2.75) is 51.7 Å². The molecule has 0 bridgehead atoms. The summed E-state index contributed by atoms with van der Waals surface area (Å²) in [5.41, 5.74) is 6.00. The number of aromatic nitrogens is 2. The Kier molecular flexibility index (Phi) is 4.36. The first-order chi connectivity index (χ1) is 10.2. The lowest BCUT2D eigenvalue weighted by atomic mass is 10.00. The maximum Gasteiger partial charge on any atom is 0.0645 e. The highest BCUT2D eigenvalue weighted by molar-refractivity contribution is 5.33. The molecule has 2 unspecified atom stereocenters. The van der Waals surface area contributed by atoms with Crippen molar-refractivity contribution < 1.29 is 0 Å². The molecule has 0 saturated carbocycles. The van der Waals surface area contributed by atoms with Crippen LogP contribution in [0.25, 0.3) is 5.69 Å². The van der Waals surface area contributed by atoms with Gasteiger partial charge in [-0.25, -0.2) is 9.69 Å². The number of nitrogens with zero attached hydrogens (tertiary/aromatic N) is 3. The first-order valence-corrected chi connectivity index (χ1v) is 7.85. The maximum atomic E-state index is 4.25. The van der Waals surface area contributed by atoms with Gasteiger partial charge in [0.25, 0.3) is 0 Å². The van der Waals surface area contributed by atoms with Gasteiger partial charge >= 0.3 is 0 Å². The summed E-state index contributed by atoms with van der Waals surface area (Å²) in [7, 11) is 0. The molecule has 112 valence electrons. The fraction of sp³-hybridized carbons (Fsp3) is 0.471. The lowest BCUT2D eigenvalue weighted by Gasteiger charge is -2.39. The predicted octanol–water partition coefficient (Wildman–Crippen LogP) is 3.14. The van der Waals surface area contributed by atoms with Crippen molar-refractivity contribution in [3.05, 3.63) is 48.3 Å². The summed E-state index contributed by atoms with van der Waals surface area (Å²) < 4.78 is 1.88. The second-order valence-corrected chi connectivity index (χ2v) is 5.99. The first kappa shape index (κ1) is 14.3. The Morgan fingerprint density at radius 3 is 2.48 bits per heavy atom. The quantitative estimate of drug-likeness (QED) is 0.936. The van der Waals surface area contributed by atoms with Gasteiger partial charge in [0.15, 0.2) is 0 Å². The topological polar surface area (TPSA) is 33.1 Å². The van der Waals surface area contributed by atoms with Crippen molar-refractivity contribution in [3.63, 3.8) is 0 Å². The Balaban J connectivity index is 1.60. The average Bonchev–Trinajstić information content (AvgIpc) is 3.02. The number of hydrogen-bond donors (Lipinski definition) is 1. The largest absolute Gasteiger partial charge is 0.250 e. The molecule has 0 aliphatic carbocycles. The van der Waals surface area contributed by atoms with Crippen LogP contribution in [0.3, 0.4) is 0 Å². The van der Waals surface area contributed by atoms with E-state index < -0.39 is 0 Å². The Labute approximate surface area is 126 Å². The van der Waals surface area contributed by atoms with Gasteiger partial charge in [0.1, 0.15) is 0 Å². The minimum atomic E-state index is 0.622. The number of nitrogens with one attached hydrogen (secondary N) is 1. The second-order valence-electron chi connectivity index (χ2n) is 5.99. The molecule has 2 atom stereocenters. The van der Waals surface area contributed by atoms with Gasteiger partial charge in [-0.3, -0.25) is 5.43 Å². The molecule has 0 amide bonds. The van der Waals surface area contributed by atoms with E-state index in [0.717, 1.165) is 12.2 Å². The van der Waals surface area contributed by atoms with E-state index in [2.05, 4.69) is 53.6 Å². The lowest BCUT2D eigenvalue weighted by molar-refractivity contribution is 0.0435. The molecule has 3 rings (SSSR count). The van der Waals surface area contributed by atoms with E-state index in [0.29, 0.717) is 12.1 Å². The molecular weight excluding hydrogens is 260 g/mol. The van der Waals surface area contributed by atoms with Crippen LogP contribution >= 0.6 is 0 Å². The van der Waals surface area contributed by atoms with Gasteiger partial charge in [-0.15, -0.1) is 0 Å². The Hall–Kier alpha value is -1.65. The van der Waals surface area contributed by atoms with Crippen molar-refractivity contribution >= 4 is 0 Å². The number of hydrazine groups is 1. The Bertz CT molecular complexity index is 537. The van der Waals surface area contributed by atoms with Crippen LogP contribution in [0.5, 0.6) is 0 Å². The van der Waals surface area contributed by atoms with Crippen LogP contribution in [0.15, 0.2) is 42.7 Å². The molecule has 2 aromatic rings. The van der Waals surface area contributed by atoms with E-state index in [1.807, 2.05) is 16.9 Å². The summed E-state index contributed by atoms with van der Waals surface area (Å²) in [4.78, 5) is 0. The van der Waals surface area contributed by atoms with Gasteiger partial charge < -0.3 is 0 Å². The number of benzene rings is 1. The fourth-order valence-electron chi connectivity index (χ4n) is 3.10. The average molecular weight is 284 g/mol. The SMILES string of the molecule is CC1CCCC(C)N1NCc1ccc(-n2cccn2)cc1. The summed E-state index contributed by atoms with van der Waals surface area (Å²) in [5.74, 6) is 0. The third-order valence-corrected chi connectivity index (χ3v) is 4.36. The third kappa shape index (κ3) is 3.34. The standard InChI is InChI=1S/C17H24N4/c1-14-5-3-6-15(2)21(14)19-13-16-7-9-17(10-8-16)20-12-4-11-18-20/h4,7-12,14-15,19H,3,5-6,13H2,1-2H3. The molecule has 4 heteroatoms. The molecule has 1 N–H and O–H groups in total. The second kappa shape index (κ2) is 6.41. The van der Waals surface area contributed by atoms with Crippen LogP contribution < -0.4 is 5.43 Å². The summed E-state index contributed by atoms with van der Waals surface area (Å²) >= 11 is 0. The van der Waals surface area contributed by atoms with E-state index in [9.17, 15) is 0 Å². The van der Waals surface area contributed by atoms with Crippen molar-refractivity contribution in [2.24, 2.45) is 0 Å². The summed E-state index contributed by atoms with van der Waals surface area (Å²) in [6.45, 7) is 5.50. The van der Waals surface area contributed by atoms with Gasteiger partial charge in [0.2, 0.25) is 0 Å². The van der Waals surface area contributed by atoms with Crippen LogP contribution in [-0.2, 0) is 6.54 Å². The predicted molar refractivity (Wildman–Crippen MR) is 85.0 cm³/mol. The number of rotatable bonds is 4. The molecular formula is C17H24N4. The highest BCUT2D eigenvalue weighted by atomic mass is 15.5. The van der Waals surface area contributed by atoms with Crippen LogP contribution in [0.1, 0.15) is 38.7 Å². The highest BCUT2D eigenvalue weighted by Crippen LogP contribution is 2.20. The third-order valence-electron chi connectivity index (χ3n) is 4.36. The fourth-order valence-corrected chi connectivity index (χ4v) is 3.10. The molecule has 1 saturated heterocycles. The summed E-state index contributed by atoms with van der Waals surface area (Å²) in [6.07, 6.45) is 7.68. The van der Waals surface area contributed by atoms with Crippen LogP contribution in [0.2, 0.25) is 0 Å². The van der Waals surface area contributed by atoms with Gasteiger partial charge in [0, 0.05) is 31.0 Å². The van der Waals surface area contributed by atoms with Crippen molar-refractivity contribution in [3.8, 4) is 5.69 Å². The van der Waals surface area contributed by atoms with Gasteiger partial charge in [-0.2, -0.15) is 5.10 Å². The van der Waals surface area contributed by atoms with E-state index in [1.165, 1.54) is 24.8 Å². The molecule has 1 aliphatic heterocycles. The van der Waals surface area contributed by atoms with Gasteiger partial charge in [-0.1, -0.05) is 18.6 Å². The first-order valence-electron chi connectivity index (χ1n) is 7.85. The molecule has 1 fully saturated rings. The molecule has 4 nitrogen and oxygen atoms in total. The monoisotopic (exact) mass is 284 g/mol. The van der Waals surface area contributed by atoms with Crippen molar-refractivity contribution in [1.82, 2.24) is 20.2 Å². The number of piperidine rings is 1. The van der Waals surface area contributed by atoms with Crippen LogP contribution in [0, 0.1) is 0 Å². The highest BCUT2D eigenvalue weighted by Gasteiger charge is 2.23. The minimum Gasteiger partial charge on any atom is -0.250 e. The molecule has 1 aliphatic rings. The number of hydrogen-bond acceptors (Lipinski definition) is 3. The molecule has 0 radical (unpaired) electrons. The smallest absolute Gasteiger partial charge is 0.0645 e. The summed E-state index contributed by atoms with van der Waals surface area (Å²) in [6, 6.07) is 11.8. The maximum absolute atomic E-state index is 4.25. The Morgan fingerprint density at radius 2 is 1.86 bits per heavy atom. The van der Waals surface area contributed by atoms with Crippen molar-refractivity contribution in [2.75, 3.05) is 0 Å². The Morgan fingerprint density at radius 1 is 1.14 bits per heavy atom. The van der Waals surface area contributed by atoms with E-state index >= 15 is 0 Å². The van der Waals surface area contributed by atoms with Crippen LogP contribution in [-0.4, -0.2) is 26.9 Å². The van der Waals surface area contributed by atoms with Gasteiger partial charge in [0.05, 0.1) is 5.69 Å². The van der Waals surface area contributed by atoms with E-state index in [4.69, 9.17) is 0 Å².